The summed E-state index contributed by atoms with van der Waals surface area (Å²) in [6.45, 7) is 6.66. The van der Waals surface area contributed by atoms with Gasteiger partial charge in [0.05, 0.1) is 18.6 Å². The molecule has 8 nitrogen and oxygen atoms in total. The highest BCUT2D eigenvalue weighted by molar-refractivity contribution is 5.80. The van der Waals surface area contributed by atoms with Crippen LogP contribution < -0.4 is 15.4 Å². The number of likely N-dealkylation sites (tertiary alicyclic amines) is 1. The van der Waals surface area contributed by atoms with Crippen molar-refractivity contribution in [2.24, 2.45) is 4.99 Å². The van der Waals surface area contributed by atoms with Crippen molar-refractivity contribution in [3.63, 3.8) is 0 Å². The molecule has 0 bridgehead atoms. The number of ether oxygens (including phenoxy) is 1. The summed E-state index contributed by atoms with van der Waals surface area (Å²) in [7, 11) is 1.66. The zero-order chi connectivity index (χ0) is 22.8. The molecule has 32 heavy (non-hydrogen) atoms. The lowest BCUT2D eigenvalue weighted by Gasteiger charge is -2.32. The lowest BCUT2D eigenvalue weighted by molar-refractivity contribution is -0.384. The molecule has 1 fully saturated rings. The predicted molar refractivity (Wildman–Crippen MR) is 127 cm³/mol. The highest BCUT2D eigenvalue weighted by atomic mass is 16.6. The van der Waals surface area contributed by atoms with Crippen LogP contribution in [0.3, 0.4) is 0 Å². The summed E-state index contributed by atoms with van der Waals surface area (Å²) in [5, 5.41) is 17.9. The molecule has 2 aromatic carbocycles. The third-order valence-electron chi connectivity index (χ3n) is 5.65. The van der Waals surface area contributed by atoms with Gasteiger partial charge in [-0.3, -0.25) is 10.1 Å². The van der Waals surface area contributed by atoms with Gasteiger partial charge in [0.15, 0.2) is 5.96 Å². The number of nitro benzene ring substituents is 1. The van der Waals surface area contributed by atoms with Crippen molar-refractivity contribution in [2.75, 3.05) is 26.7 Å². The summed E-state index contributed by atoms with van der Waals surface area (Å²) < 4.78 is 5.23. The molecule has 0 aromatic heterocycles. The van der Waals surface area contributed by atoms with Crippen molar-refractivity contribution < 1.29 is 9.66 Å². The molecular formula is C24H33N5O3. The van der Waals surface area contributed by atoms with Crippen molar-refractivity contribution >= 4 is 11.6 Å². The number of rotatable bonds is 9. The SMILES string of the molecule is CCCN1CCC(NC(=NCc2ccc(OC)cc2)NCc2ccc([N+](=O)[O-])cc2)CC1. The van der Waals surface area contributed by atoms with E-state index < -0.39 is 0 Å². The van der Waals surface area contributed by atoms with Crippen molar-refractivity contribution in [2.45, 2.75) is 45.3 Å². The van der Waals surface area contributed by atoms with Crippen molar-refractivity contribution in [3.05, 3.63) is 69.8 Å². The van der Waals surface area contributed by atoms with Gasteiger partial charge < -0.3 is 20.3 Å². The lowest BCUT2D eigenvalue weighted by atomic mass is 10.1. The molecule has 2 aromatic rings. The number of hydrogen-bond donors (Lipinski definition) is 2. The van der Waals surface area contributed by atoms with Gasteiger partial charge in [0.2, 0.25) is 0 Å². The van der Waals surface area contributed by atoms with Crippen LogP contribution >= 0.6 is 0 Å². The second-order valence-electron chi connectivity index (χ2n) is 8.05. The number of guanidine groups is 1. The number of piperidine rings is 1. The molecule has 3 rings (SSSR count). The number of nitro groups is 1. The van der Waals surface area contributed by atoms with Crippen LogP contribution in [0.15, 0.2) is 53.5 Å². The summed E-state index contributed by atoms with van der Waals surface area (Å²) in [4.78, 5) is 17.8. The van der Waals surface area contributed by atoms with E-state index in [1.807, 2.05) is 24.3 Å². The standard InChI is InChI=1S/C24H33N5O3/c1-3-14-28-15-12-21(13-16-28)27-24(26-18-20-6-10-23(32-2)11-7-20)25-17-19-4-8-22(9-5-19)29(30)31/h4-11,21H,3,12-18H2,1-2H3,(H2,25,26,27). The first-order chi connectivity index (χ1) is 15.6. The highest BCUT2D eigenvalue weighted by Gasteiger charge is 2.19. The van der Waals surface area contributed by atoms with Gasteiger partial charge in [0.25, 0.3) is 5.69 Å². The molecule has 172 valence electrons. The Morgan fingerprint density at radius 2 is 1.78 bits per heavy atom. The molecule has 2 N–H and O–H groups in total. The molecule has 0 atom stereocenters. The van der Waals surface area contributed by atoms with Crippen LogP contribution in [0.4, 0.5) is 5.69 Å². The van der Waals surface area contributed by atoms with E-state index in [1.165, 1.54) is 18.6 Å². The zero-order valence-electron chi connectivity index (χ0n) is 18.9. The molecule has 1 heterocycles. The number of methoxy groups -OCH3 is 1. The van der Waals surface area contributed by atoms with Gasteiger partial charge >= 0.3 is 0 Å². The van der Waals surface area contributed by atoms with Gasteiger partial charge in [-0.15, -0.1) is 0 Å². The van der Waals surface area contributed by atoms with Crippen molar-refractivity contribution in [1.82, 2.24) is 15.5 Å². The molecule has 1 saturated heterocycles. The normalized spacial score (nSPS) is 15.4. The first kappa shape index (κ1) is 23.5. The van der Waals surface area contributed by atoms with Gasteiger partial charge in [0, 0.05) is 37.8 Å². The van der Waals surface area contributed by atoms with E-state index >= 15 is 0 Å². The summed E-state index contributed by atoms with van der Waals surface area (Å²) in [6.07, 6.45) is 3.35. The minimum absolute atomic E-state index is 0.0964. The highest BCUT2D eigenvalue weighted by Crippen LogP contribution is 2.14. The smallest absolute Gasteiger partial charge is 0.269 e. The number of nitrogens with one attached hydrogen (secondary N) is 2. The van der Waals surface area contributed by atoms with E-state index in [0.717, 1.165) is 55.3 Å². The maximum Gasteiger partial charge on any atom is 0.269 e. The quantitative estimate of drug-likeness (QED) is 0.268. The van der Waals surface area contributed by atoms with E-state index in [9.17, 15) is 10.1 Å². The molecule has 0 amide bonds. The van der Waals surface area contributed by atoms with Crippen LogP contribution in [0.25, 0.3) is 0 Å². The van der Waals surface area contributed by atoms with E-state index in [4.69, 9.17) is 9.73 Å². The first-order valence-electron chi connectivity index (χ1n) is 11.2. The molecule has 8 heteroatoms. The number of nitrogens with zero attached hydrogens (tertiary/aromatic N) is 3. The fraction of sp³-hybridized carbons (Fsp3) is 0.458. The van der Waals surface area contributed by atoms with Crippen LogP contribution in [0.5, 0.6) is 5.75 Å². The number of hydrogen-bond acceptors (Lipinski definition) is 5. The zero-order valence-corrected chi connectivity index (χ0v) is 18.9. The molecule has 0 saturated carbocycles. The summed E-state index contributed by atoms with van der Waals surface area (Å²) in [5.74, 6) is 1.58. The molecule has 0 radical (unpaired) electrons. The van der Waals surface area contributed by atoms with Crippen LogP contribution in [0.1, 0.15) is 37.3 Å². The van der Waals surface area contributed by atoms with E-state index in [-0.39, 0.29) is 10.6 Å². The average molecular weight is 440 g/mol. The first-order valence-corrected chi connectivity index (χ1v) is 11.2. The van der Waals surface area contributed by atoms with Gasteiger partial charge in [-0.25, -0.2) is 4.99 Å². The molecule has 0 spiro atoms. The number of non-ortho nitro benzene ring substituents is 1. The Labute approximate surface area is 189 Å². The maximum absolute atomic E-state index is 10.9. The molecule has 0 unspecified atom stereocenters. The summed E-state index contributed by atoms with van der Waals surface area (Å²) >= 11 is 0. The fourth-order valence-electron chi connectivity index (χ4n) is 3.79. The lowest BCUT2D eigenvalue weighted by Crippen LogP contribution is -2.48. The Balaban J connectivity index is 1.63. The molecule has 1 aliphatic rings. The predicted octanol–water partition coefficient (Wildman–Crippen LogP) is 3.71. The monoisotopic (exact) mass is 439 g/mol. The minimum atomic E-state index is -0.384. The van der Waals surface area contributed by atoms with Crippen LogP contribution in [0.2, 0.25) is 0 Å². The maximum atomic E-state index is 10.9. The third-order valence-corrected chi connectivity index (χ3v) is 5.65. The van der Waals surface area contributed by atoms with E-state index in [0.29, 0.717) is 19.1 Å². The Morgan fingerprint density at radius 3 is 2.38 bits per heavy atom. The molecule has 0 aliphatic carbocycles. The van der Waals surface area contributed by atoms with E-state index in [1.54, 1.807) is 19.2 Å². The Kier molecular flexibility index (Phi) is 8.86. The molecular weight excluding hydrogens is 406 g/mol. The Morgan fingerprint density at radius 1 is 1.12 bits per heavy atom. The van der Waals surface area contributed by atoms with Gasteiger partial charge in [0.1, 0.15) is 5.75 Å². The second kappa shape index (κ2) is 12.0. The molecule has 1 aliphatic heterocycles. The third kappa shape index (κ3) is 7.23. The second-order valence-corrected chi connectivity index (χ2v) is 8.05. The Bertz CT molecular complexity index is 876. The van der Waals surface area contributed by atoms with Gasteiger partial charge in [-0.05, 0) is 49.1 Å². The topological polar surface area (TPSA) is 92.0 Å². The van der Waals surface area contributed by atoms with Gasteiger partial charge in [-0.1, -0.05) is 31.2 Å². The van der Waals surface area contributed by atoms with Crippen molar-refractivity contribution in [1.29, 1.82) is 0 Å². The van der Waals surface area contributed by atoms with E-state index in [2.05, 4.69) is 22.5 Å². The largest absolute Gasteiger partial charge is 0.497 e. The fourth-order valence-corrected chi connectivity index (χ4v) is 3.79. The minimum Gasteiger partial charge on any atom is -0.497 e. The number of benzene rings is 2. The van der Waals surface area contributed by atoms with Crippen LogP contribution in [-0.4, -0.2) is 48.6 Å². The average Bonchev–Trinajstić information content (AvgIpc) is 2.82. The number of aliphatic imine (C=N–C) groups is 1. The summed E-state index contributed by atoms with van der Waals surface area (Å²) in [6, 6.07) is 14.9. The van der Waals surface area contributed by atoms with Gasteiger partial charge in [-0.2, -0.15) is 0 Å². The van der Waals surface area contributed by atoms with Crippen LogP contribution in [-0.2, 0) is 13.1 Å². The van der Waals surface area contributed by atoms with Crippen LogP contribution in [0, 0.1) is 10.1 Å². The van der Waals surface area contributed by atoms with Crippen molar-refractivity contribution in [3.8, 4) is 5.75 Å². The summed E-state index contributed by atoms with van der Waals surface area (Å²) in [5.41, 5.74) is 2.16. The Hall–Kier alpha value is -3.13.